The van der Waals surface area contributed by atoms with E-state index >= 15 is 0 Å². The van der Waals surface area contributed by atoms with Crippen molar-refractivity contribution in [3.63, 3.8) is 0 Å². The Balaban J connectivity index is 2.02. The summed E-state index contributed by atoms with van der Waals surface area (Å²) < 4.78 is 5.31. The van der Waals surface area contributed by atoms with Crippen LogP contribution in [0.5, 0.6) is 0 Å². The lowest BCUT2D eigenvalue weighted by Gasteiger charge is -2.08. The zero-order chi connectivity index (χ0) is 13.7. The molecule has 0 fully saturated rings. The van der Waals surface area contributed by atoms with Crippen LogP contribution >= 0.6 is 0 Å². The molecule has 2 rings (SSSR count). The molecule has 0 N–H and O–H groups in total. The van der Waals surface area contributed by atoms with Gasteiger partial charge >= 0.3 is 5.97 Å². The molecule has 0 amide bonds. The zero-order valence-corrected chi connectivity index (χ0v) is 11.3. The first kappa shape index (κ1) is 13.3. The summed E-state index contributed by atoms with van der Waals surface area (Å²) in [4.78, 5) is 12.0. The van der Waals surface area contributed by atoms with Crippen molar-refractivity contribution in [2.24, 2.45) is 0 Å². The second kappa shape index (κ2) is 6.19. The van der Waals surface area contributed by atoms with E-state index in [1.54, 1.807) is 6.07 Å². The van der Waals surface area contributed by atoms with Crippen molar-refractivity contribution in [1.82, 2.24) is 0 Å². The lowest BCUT2D eigenvalue weighted by atomic mass is 10.0. The Labute approximate surface area is 114 Å². The maximum Gasteiger partial charge on any atom is 0.338 e. The van der Waals surface area contributed by atoms with Gasteiger partial charge in [-0.15, -0.1) is 0 Å². The Kier molecular flexibility index (Phi) is 4.35. The normalized spacial score (nSPS) is 10.5. The van der Waals surface area contributed by atoms with Crippen LogP contribution in [-0.4, -0.2) is 5.97 Å². The summed E-state index contributed by atoms with van der Waals surface area (Å²) in [5.74, 6) is 0.133. The molecule has 0 radical (unpaired) electrons. The minimum atomic E-state index is -0.272. The summed E-state index contributed by atoms with van der Waals surface area (Å²) in [5, 5.41) is 0. The first-order chi connectivity index (χ1) is 9.16. The van der Waals surface area contributed by atoms with Gasteiger partial charge in [0.2, 0.25) is 0 Å². The van der Waals surface area contributed by atoms with Crippen molar-refractivity contribution in [3.8, 4) is 0 Å². The fraction of sp³-hybridized carbons (Fsp3) is 0.235. The molecule has 0 aliphatic rings. The minimum Gasteiger partial charge on any atom is -0.457 e. The van der Waals surface area contributed by atoms with E-state index in [0.29, 0.717) is 18.1 Å². The third-order valence-electron chi connectivity index (χ3n) is 3.00. The highest BCUT2D eigenvalue weighted by Crippen LogP contribution is 2.16. The molecule has 2 heteroatoms. The number of esters is 1. The molecule has 0 aromatic heterocycles. The first-order valence-electron chi connectivity index (χ1n) is 6.48. The molecule has 0 saturated heterocycles. The van der Waals surface area contributed by atoms with E-state index in [1.165, 1.54) is 0 Å². The lowest BCUT2D eigenvalue weighted by molar-refractivity contribution is 0.0472. The van der Waals surface area contributed by atoms with Gasteiger partial charge in [0.15, 0.2) is 0 Å². The van der Waals surface area contributed by atoms with Crippen LogP contribution in [0.4, 0.5) is 0 Å². The van der Waals surface area contributed by atoms with Gasteiger partial charge in [0.1, 0.15) is 6.61 Å². The summed E-state index contributed by atoms with van der Waals surface area (Å²) in [6.07, 6.45) is 0. The molecule has 0 bridgehead atoms. The fourth-order valence-corrected chi connectivity index (χ4v) is 1.83. The number of carbonyl (C=O) groups is 1. The molecule has 2 aromatic carbocycles. The summed E-state index contributed by atoms with van der Waals surface area (Å²) in [7, 11) is 0. The Hall–Kier alpha value is -2.09. The SMILES string of the molecule is CC(C)c1cccc(C(=O)OCc2ccccc2)c1. The van der Waals surface area contributed by atoms with Crippen molar-refractivity contribution >= 4 is 5.97 Å². The van der Waals surface area contributed by atoms with Gasteiger partial charge in [-0.2, -0.15) is 0 Å². The molecular formula is C17H18O2. The molecule has 0 aliphatic heterocycles. The third kappa shape index (κ3) is 3.68. The molecule has 98 valence electrons. The predicted molar refractivity (Wildman–Crippen MR) is 76.1 cm³/mol. The molecule has 2 nitrogen and oxygen atoms in total. The molecule has 19 heavy (non-hydrogen) atoms. The molecule has 2 aromatic rings. The molecule has 0 aliphatic carbocycles. The van der Waals surface area contributed by atoms with E-state index in [9.17, 15) is 4.79 Å². The number of rotatable bonds is 4. The first-order valence-corrected chi connectivity index (χ1v) is 6.48. The van der Waals surface area contributed by atoms with E-state index in [1.807, 2.05) is 48.5 Å². The number of hydrogen-bond donors (Lipinski definition) is 0. The Bertz CT molecular complexity index is 544. The smallest absolute Gasteiger partial charge is 0.338 e. The quantitative estimate of drug-likeness (QED) is 0.765. The van der Waals surface area contributed by atoms with E-state index < -0.39 is 0 Å². The van der Waals surface area contributed by atoms with Gasteiger partial charge in [-0.3, -0.25) is 0 Å². The second-order valence-corrected chi connectivity index (χ2v) is 4.84. The van der Waals surface area contributed by atoms with E-state index in [4.69, 9.17) is 4.74 Å². The number of ether oxygens (including phenoxy) is 1. The highest BCUT2D eigenvalue weighted by molar-refractivity contribution is 5.89. The third-order valence-corrected chi connectivity index (χ3v) is 3.00. The van der Waals surface area contributed by atoms with Crippen LogP contribution in [0.15, 0.2) is 54.6 Å². The van der Waals surface area contributed by atoms with Crippen molar-refractivity contribution in [2.45, 2.75) is 26.4 Å². The molecule has 0 saturated carbocycles. The van der Waals surface area contributed by atoms with Gasteiger partial charge < -0.3 is 4.74 Å². The number of benzene rings is 2. The van der Waals surface area contributed by atoms with Gasteiger partial charge in [0, 0.05) is 0 Å². The summed E-state index contributed by atoms with van der Waals surface area (Å²) >= 11 is 0. The largest absolute Gasteiger partial charge is 0.457 e. The standard InChI is InChI=1S/C17H18O2/c1-13(2)15-9-6-10-16(11-15)17(18)19-12-14-7-4-3-5-8-14/h3-11,13H,12H2,1-2H3. The van der Waals surface area contributed by atoms with Crippen LogP contribution in [-0.2, 0) is 11.3 Å². The van der Waals surface area contributed by atoms with E-state index in [-0.39, 0.29) is 5.97 Å². The van der Waals surface area contributed by atoms with Gasteiger partial charge in [-0.05, 0) is 29.2 Å². The zero-order valence-electron chi connectivity index (χ0n) is 11.3. The Morgan fingerprint density at radius 2 is 1.79 bits per heavy atom. The van der Waals surface area contributed by atoms with Gasteiger partial charge in [-0.25, -0.2) is 4.79 Å². The molecule has 0 unspecified atom stereocenters. The Morgan fingerprint density at radius 3 is 2.47 bits per heavy atom. The average Bonchev–Trinajstić information content (AvgIpc) is 2.46. The average molecular weight is 254 g/mol. The molecular weight excluding hydrogens is 236 g/mol. The highest BCUT2D eigenvalue weighted by atomic mass is 16.5. The van der Waals surface area contributed by atoms with Gasteiger partial charge in [-0.1, -0.05) is 56.3 Å². The lowest BCUT2D eigenvalue weighted by Crippen LogP contribution is -2.06. The van der Waals surface area contributed by atoms with Crippen molar-refractivity contribution in [1.29, 1.82) is 0 Å². The maximum atomic E-state index is 12.0. The van der Waals surface area contributed by atoms with Gasteiger partial charge in [0.05, 0.1) is 5.56 Å². The monoisotopic (exact) mass is 254 g/mol. The molecule has 0 atom stereocenters. The van der Waals surface area contributed by atoms with Crippen molar-refractivity contribution in [2.75, 3.05) is 0 Å². The number of hydrogen-bond acceptors (Lipinski definition) is 2. The molecule has 0 heterocycles. The second-order valence-electron chi connectivity index (χ2n) is 4.84. The highest BCUT2D eigenvalue weighted by Gasteiger charge is 2.09. The van der Waals surface area contributed by atoms with Crippen LogP contribution < -0.4 is 0 Å². The van der Waals surface area contributed by atoms with Crippen molar-refractivity contribution in [3.05, 3.63) is 71.3 Å². The van der Waals surface area contributed by atoms with Crippen LogP contribution in [0, 0.1) is 0 Å². The summed E-state index contributed by atoms with van der Waals surface area (Å²) in [6, 6.07) is 17.3. The van der Waals surface area contributed by atoms with Crippen molar-refractivity contribution < 1.29 is 9.53 Å². The predicted octanol–water partition coefficient (Wildman–Crippen LogP) is 4.17. The van der Waals surface area contributed by atoms with Crippen LogP contribution in [0.1, 0.15) is 41.3 Å². The fourth-order valence-electron chi connectivity index (χ4n) is 1.83. The Morgan fingerprint density at radius 1 is 1.05 bits per heavy atom. The molecule has 0 spiro atoms. The van der Waals surface area contributed by atoms with Gasteiger partial charge in [0.25, 0.3) is 0 Å². The maximum absolute atomic E-state index is 12.0. The van der Waals surface area contributed by atoms with Crippen LogP contribution in [0.2, 0.25) is 0 Å². The topological polar surface area (TPSA) is 26.3 Å². The minimum absolute atomic E-state index is 0.272. The summed E-state index contributed by atoms with van der Waals surface area (Å²) in [5.41, 5.74) is 2.76. The van der Waals surface area contributed by atoms with E-state index in [0.717, 1.165) is 11.1 Å². The van der Waals surface area contributed by atoms with E-state index in [2.05, 4.69) is 13.8 Å². The number of carbonyl (C=O) groups excluding carboxylic acids is 1. The summed E-state index contributed by atoms with van der Waals surface area (Å²) in [6.45, 7) is 4.52. The van der Waals surface area contributed by atoms with Crippen LogP contribution in [0.25, 0.3) is 0 Å². The van der Waals surface area contributed by atoms with Crippen LogP contribution in [0.3, 0.4) is 0 Å².